The van der Waals surface area contributed by atoms with Gasteiger partial charge in [0.05, 0.1) is 22.6 Å². The molecule has 0 fully saturated rings. The third-order valence-electron chi connectivity index (χ3n) is 5.78. The molecule has 0 bridgehead atoms. The fourth-order valence-electron chi connectivity index (χ4n) is 3.79. The first kappa shape index (κ1) is 28.4. The van der Waals surface area contributed by atoms with Gasteiger partial charge in [0.25, 0.3) is 15.7 Å². The van der Waals surface area contributed by atoms with Crippen LogP contribution in [-0.4, -0.2) is 32.9 Å². The number of ether oxygens (including phenoxy) is 2. The van der Waals surface area contributed by atoms with Crippen LogP contribution in [0.3, 0.4) is 0 Å². The van der Waals surface area contributed by atoms with Crippen LogP contribution in [0.15, 0.2) is 95.9 Å². The summed E-state index contributed by atoms with van der Waals surface area (Å²) in [5.74, 6) is 0.638. The summed E-state index contributed by atoms with van der Waals surface area (Å²) in [5, 5.41) is 14.3. The van der Waals surface area contributed by atoms with Crippen molar-refractivity contribution in [1.29, 1.82) is 0 Å². The number of para-hydroxylation sites is 1. The summed E-state index contributed by atoms with van der Waals surface area (Å²) in [6.07, 6.45) is 0. The van der Waals surface area contributed by atoms with E-state index in [2.05, 4.69) is 5.32 Å². The Morgan fingerprint density at radius 3 is 2.30 bits per heavy atom. The minimum Gasteiger partial charge on any atom is -0.495 e. The first-order valence-corrected chi connectivity index (χ1v) is 13.6. The predicted molar refractivity (Wildman–Crippen MR) is 152 cm³/mol. The Hall–Kier alpha value is -4.61. The van der Waals surface area contributed by atoms with Crippen molar-refractivity contribution < 1.29 is 27.6 Å². The van der Waals surface area contributed by atoms with Crippen molar-refractivity contribution in [2.24, 2.45) is 0 Å². The molecule has 0 aliphatic carbocycles. The third-order valence-corrected chi connectivity index (χ3v) is 7.77. The zero-order valence-electron chi connectivity index (χ0n) is 21.4. The van der Waals surface area contributed by atoms with E-state index in [1.165, 1.54) is 44.4 Å². The lowest BCUT2D eigenvalue weighted by atomic mass is 10.2. The number of nitro benzene ring substituents is 1. The molecule has 0 saturated carbocycles. The summed E-state index contributed by atoms with van der Waals surface area (Å²) >= 11 is 6.16. The molecule has 206 valence electrons. The average molecular weight is 582 g/mol. The smallest absolute Gasteiger partial charge is 0.273 e. The number of benzene rings is 4. The highest BCUT2D eigenvalue weighted by Gasteiger charge is 2.31. The third kappa shape index (κ3) is 6.50. The topological polar surface area (TPSA) is 128 Å². The highest BCUT2D eigenvalue weighted by Crippen LogP contribution is 2.36. The first-order valence-electron chi connectivity index (χ1n) is 11.8. The molecule has 0 saturated heterocycles. The zero-order chi connectivity index (χ0) is 28.9. The second-order valence-corrected chi connectivity index (χ2v) is 10.8. The first-order chi connectivity index (χ1) is 19.1. The van der Waals surface area contributed by atoms with Gasteiger partial charge in [-0.3, -0.25) is 19.2 Å². The van der Waals surface area contributed by atoms with Crippen molar-refractivity contribution >= 4 is 44.6 Å². The maximum absolute atomic E-state index is 13.8. The maximum Gasteiger partial charge on any atom is 0.273 e. The minimum absolute atomic E-state index is 0.0139. The number of nitrogens with one attached hydrogen (secondary N) is 1. The summed E-state index contributed by atoms with van der Waals surface area (Å²) in [4.78, 5) is 23.6. The molecule has 0 radical (unpaired) electrons. The molecule has 12 heteroatoms. The van der Waals surface area contributed by atoms with Crippen LogP contribution in [0.25, 0.3) is 0 Å². The van der Waals surface area contributed by atoms with Gasteiger partial charge < -0.3 is 14.8 Å². The number of nitrogens with zero attached hydrogens (tertiary/aromatic N) is 2. The number of sulfonamides is 1. The van der Waals surface area contributed by atoms with Crippen LogP contribution in [0.2, 0.25) is 5.02 Å². The number of carbonyl (C=O) groups is 1. The molecule has 4 aromatic carbocycles. The predicted octanol–water partition coefficient (Wildman–Crippen LogP) is 6.19. The SMILES string of the molecule is COc1ccc(Cl)cc1N(CC(=O)Nc1ccc(Oc2ccccc2)cc1)S(=O)(=O)c1ccc(C)c([N+](=O)[O-])c1. The highest BCUT2D eigenvalue weighted by atomic mass is 35.5. The number of rotatable bonds is 10. The van der Waals surface area contributed by atoms with Crippen LogP contribution in [0.5, 0.6) is 17.2 Å². The Labute approximate surface area is 235 Å². The van der Waals surface area contributed by atoms with E-state index in [1.54, 1.807) is 36.4 Å². The molecule has 0 aliphatic heterocycles. The van der Waals surface area contributed by atoms with Crippen LogP contribution in [0.4, 0.5) is 17.1 Å². The molecule has 4 rings (SSSR count). The zero-order valence-corrected chi connectivity index (χ0v) is 23.0. The average Bonchev–Trinajstić information content (AvgIpc) is 2.93. The number of hydrogen-bond acceptors (Lipinski definition) is 7. The highest BCUT2D eigenvalue weighted by molar-refractivity contribution is 7.92. The number of amides is 1. The Morgan fingerprint density at radius 1 is 0.975 bits per heavy atom. The molecule has 0 aromatic heterocycles. The summed E-state index contributed by atoms with van der Waals surface area (Å²) in [7, 11) is -3.15. The van der Waals surface area contributed by atoms with E-state index in [0.717, 1.165) is 10.4 Å². The van der Waals surface area contributed by atoms with Gasteiger partial charge in [-0.25, -0.2) is 8.42 Å². The number of aryl methyl sites for hydroxylation is 1. The molecule has 0 heterocycles. The molecular formula is C28H24ClN3O7S. The lowest BCUT2D eigenvalue weighted by Crippen LogP contribution is -2.38. The van der Waals surface area contributed by atoms with Gasteiger partial charge in [0.15, 0.2) is 0 Å². The molecule has 0 unspecified atom stereocenters. The molecule has 40 heavy (non-hydrogen) atoms. The number of hydrogen-bond donors (Lipinski definition) is 1. The minimum atomic E-state index is -4.50. The molecule has 0 spiro atoms. The number of carbonyl (C=O) groups excluding carboxylic acids is 1. The molecule has 0 atom stereocenters. The largest absolute Gasteiger partial charge is 0.495 e. The second-order valence-electron chi connectivity index (χ2n) is 8.52. The Kier molecular flexibility index (Phi) is 8.56. The molecule has 0 aliphatic rings. The summed E-state index contributed by atoms with van der Waals surface area (Å²) in [6.45, 7) is 0.818. The van der Waals surface area contributed by atoms with Gasteiger partial charge in [0, 0.05) is 22.3 Å². The number of anilines is 2. The van der Waals surface area contributed by atoms with E-state index in [0.29, 0.717) is 17.2 Å². The lowest BCUT2D eigenvalue weighted by molar-refractivity contribution is -0.385. The molecule has 10 nitrogen and oxygen atoms in total. The fraction of sp³-hybridized carbons (Fsp3) is 0.107. The Balaban J connectivity index is 1.64. The number of methoxy groups -OCH3 is 1. The number of halogens is 1. The van der Waals surface area contributed by atoms with E-state index in [-0.39, 0.29) is 32.6 Å². The number of nitro groups is 1. The molecule has 1 N–H and O–H groups in total. The summed E-state index contributed by atoms with van der Waals surface area (Å²) in [6, 6.07) is 23.5. The monoisotopic (exact) mass is 581 g/mol. The van der Waals surface area contributed by atoms with Gasteiger partial charge in [0.2, 0.25) is 5.91 Å². The van der Waals surface area contributed by atoms with Gasteiger partial charge >= 0.3 is 0 Å². The fourth-order valence-corrected chi connectivity index (χ4v) is 5.40. The molecule has 4 aromatic rings. The van der Waals surface area contributed by atoms with E-state index in [4.69, 9.17) is 21.1 Å². The van der Waals surface area contributed by atoms with E-state index < -0.39 is 27.4 Å². The van der Waals surface area contributed by atoms with Crippen molar-refractivity contribution in [2.75, 3.05) is 23.3 Å². The van der Waals surface area contributed by atoms with Crippen molar-refractivity contribution in [3.05, 3.63) is 112 Å². The van der Waals surface area contributed by atoms with Crippen LogP contribution >= 0.6 is 11.6 Å². The van der Waals surface area contributed by atoms with Crippen LogP contribution in [0.1, 0.15) is 5.56 Å². The quantitative estimate of drug-likeness (QED) is 0.175. The van der Waals surface area contributed by atoms with E-state index in [1.807, 2.05) is 18.2 Å². The molecule has 1 amide bonds. The van der Waals surface area contributed by atoms with Crippen molar-refractivity contribution in [2.45, 2.75) is 11.8 Å². The Bertz CT molecular complexity index is 1650. The maximum atomic E-state index is 13.8. The molecular weight excluding hydrogens is 558 g/mol. The van der Waals surface area contributed by atoms with Crippen LogP contribution in [0, 0.1) is 17.0 Å². The Morgan fingerprint density at radius 2 is 1.65 bits per heavy atom. The normalized spacial score (nSPS) is 11.0. The van der Waals surface area contributed by atoms with Crippen molar-refractivity contribution in [3.8, 4) is 17.2 Å². The van der Waals surface area contributed by atoms with Crippen molar-refractivity contribution in [3.63, 3.8) is 0 Å². The van der Waals surface area contributed by atoms with Crippen molar-refractivity contribution in [1.82, 2.24) is 0 Å². The van der Waals surface area contributed by atoms with Gasteiger partial charge in [-0.05, 0) is 67.6 Å². The van der Waals surface area contributed by atoms with E-state index in [9.17, 15) is 23.3 Å². The lowest BCUT2D eigenvalue weighted by Gasteiger charge is -2.26. The van der Waals surface area contributed by atoms with Gasteiger partial charge in [-0.2, -0.15) is 0 Å². The van der Waals surface area contributed by atoms with Gasteiger partial charge in [-0.1, -0.05) is 35.9 Å². The summed E-state index contributed by atoms with van der Waals surface area (Å²) in [5.41, 5.74) is 0.293. The van der Waals surface area contributed by atoms with Gasteiger partial charge in [0.1, 0.15) is 23.8 Å². The van der Waals surface area contributed by atoms with Crippen LogP contribution < -0.4 is 19.1 Å². The summed E-state index contributed by atoms with van der Waals surface area (Å²) < 4.78 is 39.5. The second kappa shape index (κ2) is 12.1. The van der Waals surface area contributed by atoms with Crippen LogP contribution in [-0.2, 0) is 14.8 Å². The van der Waals surface area contributed by atoms with Gasteiger partial charge in [-0.15, -0.1) is 0 Å². The van der Waals surface area contributed by atoms with E-state index >= 15 is 0 Å². The standard InChI is InChI=1S/C28H24ClN3O7S/c1-19-8-14-24(17-25(19)32(34)35)40(36,37)31(26-16-20(29)9-15-27(26)38-2)18-28(33)30-21-10-12-23(13-11-21)39-22-6-4-3-5-7-22/h3-17H,18H2,1-2H3,(H,30,33).